The molecule has 0 amide bonds. The molecule has 0 spiro atoms. The molecule has 0 aromatic rings. The zero-order valence-corrected chi connectivity index (χ0v) is 11.8. The van der Waals surface area contributed by atoms with E-state index in [1.54, 1.807) is 0 Å². The largest absolute Gasteiger partial charge is 0.478 e. The number of carboxylic acids is 1. The molecular formula is C13H22O8. The molecule has 3 N–H and O–H groups in total. The van der Waals surface area contributed by atoms with Gasteiger partial charge in [-0.2, -0.15) is 0 Å². The van der Waals surface area contributed by atoms with Gasteiger partial charge in [-0.15, -0.1) is 0 Å². The second-order valence-corrected chi connectivity index (χ2v) is 3.64. The number of carboxylic acid groups (broad SMARTS) is 1. The summed E-state index contributed by atoms with van der Waals surface area (Å²) in [5.41, 5.74) is 0. The van der Waals surface area contributed by atoms with E-state index in [9.17, 15) is 14.4 Å². The summed E-state index contributed by atoms with van der Waals surface area (Å²) < 4.78 is 9.42. The van der Waals surface area contributed by atoms with Gasteiger partial charge >= 0.3 is 17.9 Å². The van der Waals surface area contributed by atoms with Crippen molar-refractivity contribution in [2.75, 3.05) is 26.4 Å². The Morgan fingerprint density at radius 2 is 1.24 bits per heavy atom. The van der Waals surface area contributed by atoms with Crippen LogP contribution in [0.25, 0.3) is 0 Å². The molecule has 0 atom stereocenters. The van der Waals surface area contributed by atoms with E-state index in [1.165, 1.54) is 0 Å². The fourth-order valence-electron chi connectivity index (χ4n) is 0.850. The van der Waals surface area contributed by atoms with Crippen molar-refractivity contribution in [3.05, 3.63) is 12.7 Å². The lowest BCUT2D eigenvalue weighted by molar-refractivity contribution is -0.150. The molecule has 0 heterocycles. The molecular weight excluding hydrogens is 284 g/mol. The van der Waals surface area contributed by atoms with E-state index in [0.717, 1.165) is 6.08 Å². The number of rotatable bonds is 10. The van der Waals surface area contributed by atoms with Gasteiger partial charge in [-0.3, -0.25) is 9.59 Å². The fourth-order valence-corrected chi connectivity index (χ4v) is 0.850. The summed E-state index contributed by atoms with van der Waals surface area (Å²) in [7, 11) is 0. The van der Waals surface area contributed by atoms with Crippen molar-refractivity contribution in [3.63, 3.8) is 0 Å². The van der Waals surface area contributed by atoms with Crippen LogP contribution < -0.4 is 0 Å². The molecule has 0 saturated heterocycles. The van der Waals surface area contributed by atoms with Gasteiger partial charge in [-0.1, -0.05) is 6.58 Å². The minimum Gasteiger partial charge on any atom is -0.478 e. The minimum absolute atomic E-state index is 0.0244. The Morgan fingerprint density at radius 1 is 0.905 bits per heavy atom. The third-order valence-corrected chi connectivity index (χ3v) is 1.84. The van der Waals surface area contributed by atoms with Crippen molar-refractivity contribution >= 4 is 17.9 Å². The standard InChI is InChI=1S/C10H18O6.C3H4O2/c11-5-1-7-15-9(13)3-4-10(14)16-8-2-6-12;1-2-3(4)5/h11-12H,1-8H2;2H,1H2,(H,4,5). The predicted octanol–water partition coefficient (Wildman–Crippen LogP) is -0.125. The number of hydrogen-bond acceptors (Lipinski definition) is 7. The lowest BCUT2D eigenvalue weighted by Crippen LogP contribution is -2.12. The van der Waals surface area contributed by atoms with Crippen LogP contribution in [0.2, 0.25) is 0 Å². The molecule has 0 radical (unpaired) electrons. The summed E-state index contributed by atoms with van der Waals surface area (Å²) in [6.07, 6.45) is 1.58. The molecule has 0 rings (SSSR count). The Balaban J connectivity index is 0. The van der Waals surface area contributed by atoms with Crippen molar-refractivity contribution < 1.29 is 39.2 Å². The van der Waals surface area contributed by atoms with Gasteiger partial charge in [0.15, 0.2) is 0 Å². The maximum absolute atomic E-state index is 11.0. The normalized spacial score (nSPS) is 9.05. The number of aliphatic carboxylic acids is 1. The highest BCUT2D eigenvalue weighted by atomic mass is 16.5. The van der Waals surface area contributed by atoms with Gasteiger partial charge in [0.25, 0.3) is 0 Å². The molecule has 8 nitrogen and oxygen atoms in total. The highest BCUT2D eigenvalue weighted by Gasteiger charge is 2.08. The molecule has 0 aromatic carbocycles. The number of esters is 2. The van der Waals surface area contributed by atoms with Gasteiger partial charge in [0.05, 0.1) is 26.1 Å². The van der Waals surface area contributed by atoms with E-state index in [4.69, 9.17) is 24.8 Å². The minimum atomic E-state index is -0.981. The van der Waals surface area contributed by atoms with Crippen LogP contribution in [0.15, 0.2) is 12.7 Å². The number of carbonyl (C=O) groups is 3. The lowest BCUT2D eigenvalue weighted by atomic mass is 10.3. The Morgan fingerprint density at radius 3 is 1.48 bits per heavy atom. The first-order valence-corrected chi connectivity index (χ1v) is 6.36. The van der Waals surface area contributed by atoms with Crippen LogP contribution in [-0.2, 0) is 23.9 Å². The molecule has 122 valence electrons. The number of aliphatic hydroxyl groups is 2. The van der Waals surface area contributed by atoms with Crippen molar-refractivity contribution in [2.24, 2.45) is 0 Å². The molecule has 0 aliphatic carbocycles. The van der Waals surface area contributed by atoms with Crippen molar-refractivity contribution in [1.82, 2.24) is 0 Å². The van der Waals surface area contributed by atoms with Crippen molar-refractivity contribution in [2.45, 2.75) is 25.7 Å². The SMILES string of the molecule is C=CC(=O)O.O=C(CCC(=O)OCCCO)OCCCO. The smallest absolute Gasteiger partial charge is 0.327 e. The summed E-state index contributed by atoms with van der Waals surface area (Å²) in [5.74, 6) is -1.94. The van der Waals surface area contributed by atoms with Gasteiger partial charge in [-0.05, 0) is 0 Å². The van der Waals surface area contributed by atoms with Gasteiger partial charge in [0.1, 0.15) is 0 Å². The number of ether oxygens (including phenoxy) is 2. The second-order valence-electron chi connectivity index (χ2n) is 3.64. The van der Waals surface area contributed by atoms with Crippen molar-refractivity contribution in [3.8, 4) is 0 Å². The maximum atomic E-state index is 11.0. The maximum Gasteiger partial charge on any atom is 0.327 e. The first kappa shape index (κ1) is 21.4. The Kier molecular flexibility index (Phi) is 16.4. The number of hydrogen-bond donors (Lipinski definition) is 3. The highest BCUT2D eigenvalue weighted by Crippen LogP contribution is 1.97. The lowest BCUT2D eigenvalue weighted by Gasteiger charge is -2.04. The van der Waals surface area contributed by atoms with Crippen molar-refractivity contribution in [1.29, 1.82) is 0 Å². The van der Waals surface area contributed by atoms with Crippen LogP contribution in [0.4, 0.5) is 0 Å². The molecule has 0 aliphatic heterocycles. The van der Waals surface area contributed by atoms with E-state index in [2.05, 4.69) is 6.58 Å². The Bertz CT molecular complexity index is 291. The summed E-state index contributed by atoms with van der Waals surface area (Å²) in [4.78, 5) is 31.3. The highest BCUT2D eigenvalue weighted by molar-refractivity contribution is 5.78. The van der Waals surface area contributed by atoms with E-state index >= 15 is 0 Å². The van der Waals surface area contributed by atoms with Gasteiger partial charge in [0.2, 0.25) is 0 Å². The molecule has 0 fully saturated rings. The van der Waals surface area contributed by atoms with E-state index in [0.29, 0.717) is 12.8 Å². The topological polar surface area (TPSA) is 130 Å². The van der Waals surface area contributed by atoms with Crippen LogP contribution >= 0.6 is 0 Å². The molecule has 0 bridgehead atoms. The molecule has 0 unspecified atom stereocenters. The van der Waals surface area contributed by atoms with Gasteiger partial charge in [0, 0.05) is 32.1 Å². The monoisotopic (exact) mass is 306 g/mol. The van der Waals surface area contributed by atoms with Crippen LogP contribution in [0.3, 0.4) is 0 Å². The van der Waals surface area contributed by atoms with Gasteiger partial charge in [-0.25, -0.2) is 4.79 Å². The van der Waals surface area contributed by atoms with Crippen LogP contribution in [0, 0.1) is 0 Å². The Hall–Kier alpha value is -1.93. The molecule has 0 aromatic heterocycles. The van der Waals surface area contributed by atoms with Gasteiger partial charge < -0.3 is 24.8 Å². The summed E-state index contributed by atoms with van der Waals surface area (Å²) in [5, 5.41) is 24.5. The summed E-state index contributed by atoms with van der Waals surface area (Å²) >= 11 is 0. The zero-order chi connectivity index (χ0) is 16.5. The first-order chi connectivity index (χ1) is 9.97. The van der Waals surface area contributed by atoms with E-state index in [-0.39, 0.29) is 39.3 Å². The quantitative estimate of drug-likeness (QED) is 0.289. The molecule has 0 saturated carbocycles. The molecule has 8 heteroatoms. The van der Waals surface area contributed by atoms with Crippen LogP contribution in [-0.4, -0.2) is 59.7 Å². The average molecular weight is 306 g/mol. The molecule has 0 aliphatic rings. The summed E-state index contributed by atoms with van der Waals surface area (Å²) in [6.45, 7) is 3.22. The summed E-state index contributed by atoms with van der Waals surface area (Å²) in [6, 6.07) is 0. The first-order valence-electron chi connectivity index (χ1n) is 6.36. The van der Waals surface area contributed by atoms with E-state index < -0.39 is 17.9 Å². The number of aliphatic hydroxyl groups excluding tert-OH is 2. The third kappa shape index (κ3) is 20.5. The van der Waals surface area contributed by atoms with E-state index in [1.807, 2.05) is 0 Å². The Labute approximate surface area is 123 Å². The molecule has 21 heavy (non-hydrogen) atoms. The second kappa shape index (κ2) is 16.1. The number of carbonyl (C=O) groups excluding carboxylic acids is 2. The zero-order valence-electron chi connectivity index (χ0n) is 11.8. The third-order valence-electron chi connectivity index (χ3n) is 1.84. The van der Waals surface area contributed by atoms with Crippen LogP contribution in [0.5, 0.6) is 0 Å². The van der Waals surface area contributed by atoms with Crippen LogP contribution in [0.1, 0.15) is 25.7 Å². The predicted molar refractivity (Wildman–Crippen MR) is 72.4 cm³/mol. The average Bonchev–Trinajstić information content (AvgIpc) is 2.46. The fraction of sp³-hybridized carbons (Fsp3) is 0.615.